The van der Waals surface area contributed by atoms with Crippen LogP contribution >= 0.6 is 0 Å². The van der Waals surface area contributed by atoms with Crippen molar-refractivity contribution in [2.75, 3.05) is 5.32 Å². The van der Waals surface area contributed by atoms with Gasteiger partial charge in [0.05, 0.1) is 10.8 Å². The van der Waals surface area contributed by atoms with Crippen molar-refractivity contribution in [2.24, 2.45) is 7.05 Å². The summed E-state index contributed by atoms with van der Waals surface area (Å²) in [5, 5.41) is 5.91. The Morgan fingerprint density at radius 3 is 2.32 bits per heavy atom. The molecule has 28 heavy (non-hydrogen) atoms. The van der Waals surface area contributed by atoms with Crippen molar-refractivity contribution in [3.8, 4) is 0 Å². The highest BCUT2D eigenvalue weighted by atomic mass is 127. The van der Waals surface area contributed by atoms with Crippen molar-refractivity contribution in [3.63, 3.8) is 0 Å². The van der Waals surface area contributed by atoms with Gasteiger partial charge in [-0.3, -0.25) is 0 Å². The molecule has 0 amide bonds. The first-order valence-electron chi connectivity index (χ1n) is 9.20. The van der Waals surface area contributed by atoms with E-state index in [1.54, 1.807) is 0 Å². The quantitative estimate of drug-likeness (QED) is 0.311. The lowest BCUT2D eigenvalue weighted by Crippen LogP contribution is -3.00. The van der Waals surface area contributed by atoms with Gasteiger partial charge in [0.25, 0.3) is 5.52 Å². The molecule has 0 fully saturated rings. The van der Waals surface area contributed by atoms with Crippen molar-refractivity contribution in [1.29, 1.82) is 0 Å². The number of aryl methyl sites for hydroxylation is 3. The summed E-state index contributed by atoms with van der Waals surface area (Å²) in [5.41, 5.74) is 8.71. The summed E-state index contributed by atoms with van der Waals surface area (Å²) in [5.74, 6) is 0. The zero-order chi connectivity index (χ0) is 18.5. The van der Waals surface area contributed by atoms with Gasteiger partial charge in [-0.2, -0.15) is 4.57 Å². The van der Waals surface area contributed by atoms with Crippen molar-refractivity contribution in [3.05, 3.63) is 77.9 Å². The largest absolute Gasteiger partial charge is 1.00 e. The average molecular weight is 480 g/mol. The second kappa shape index (κ2) is 7.09. The fourth-order valence-electron chi connectivity index (χ4n) is 3.84. The van der Waals surface area contributed by atoms with Crippen LogP contribution in [0.25, 0.3) is 33.0 Å². The van der Waals surface area contributed by atoms with Gasteiger partial charge in [-0.05, 0) is 55.3 Å². The molecule has 3 nitrogen and oxygen atoms in total. The molecule has 1 N–H and O–H groups in total. The molecule has 0 saturated heterocycles. The maximum absolute atomic E-state index is 6.32. The van der Waals surface area contributed by atoms with Crippen molar-refractivity contribution >= 4 is 44.3 Å². The number of hydrogen-bond donors (Lipinski definition) is 1. The first kappa shape index (κ1) is 18.7. The smallest absolute Gasteiger partial charge is 0.261 e. The molecule has 0 atom stereocenters. The van der Waals surface area contributed by atoms with Crippen LogP contribution in [-0.2, 0) is 7.05 Å². The molecule has 0 aliphatic carbocycles. The molecular weight excluding hydrogens is 459 g/mol. The highest BCUT2D eigenvalue weighted by molar-refractivity contribution is 6.11. The fourth-order valence-corrected chi connectivity index (χ4v) is 3.84. The lowest BCUT2D eigenvalue weighted by atomic mass is 10.1. The molecule has 140 valence electrons. The minimum atomic E-state index is 0. The van der Waals surface area contributed by atoms with E-state index >= 15 is 0 Å². The summed E-state index contributed by atoms with van der Waals surface area (Å²) in [6.45, 7) is 4.27. The van der Waals surface area contributed by atoms with Crippen molar-refractivity contribution < 1.29 is 33.0 Å². The summed E-state index contributed by atoms with van der Waals surface area (Å²) < 4.78 is 8.54. The Balaban J connectivity index is 0.00000192. The Morgan fingerprint density at radius 1 is 0.821 bits per heavy atom. The third-order valence-corrected chi connectivity index (χ3v) is 5.44. The maximum atomic E-state index is 6.32. The van der Waals surface area contributed by atoms with E-state index in [2.05, 4.69) is 85.4 Å². The highest BCUT2D eigenvalue weighted by Crippen LogP contribution is 2.37. The average Bonchev–Trinajstić information content (AvgIpc) is 3.07. The number of para-hydroxylation sites is 2. The standard InChI is InChI=1S/C24H20N2O.HI/c1-15-12-13-17(14-16(15)2)25-22-18-8-4-6-10-20(18)26(3)23-19-9-5-7-11-21(19)27-24(22)23;/h4-14H,1-3H3;1H. The minimum absolute atomic E-state index is 0. The van der Waals surface area contributed by atoms with Gasteiger partial charge in [-0.25, -0.2) is 0 Å². The Kier molecular flexibility index (Phi) is 4.75. The maximum Gasteiger partial charge on any atom is 0.261 e. The normalized spacial score (nSPS) is 11.1. The molecule has 0 aliphatic rings. The summed E-state index contributed by atoms with van der Waals surface area (Å²) in [4.78, 5) is 0. The fraction of sp³-hybridized carbons (Fsp3) is 0.125. The van der Waals surface area contributed by atoms with Crippen molar-refractivity contribution in [1.82, 2.24) is 0 Å². The third kappa shape index (κ3) is 2.83. The topological polar surface area (TPSA) is 29.1 Å². The molecule has 3 aromatic carbocycles. The highest BCUT2D eigenvalue weighted by Gasteiger charge is 2.24. The van der Waals surface area contributed by atoms with E-state index in [0.29, 0.717) is 0 Å². The third-order valence-electron chi connectivity index (χ3n) is 5.44. The Bertz CT molecular complexity index is 1340. The van der Waals surface area contributed by atoms with Crippen molar-refractivity contribution in [2.45, 2.75) is 13.8 Å². The molecule has 0 radical (unpaired) electrons. The van der Waals surface area contributed by atoms with E-state index < -0.39 is 0 Å². The van der Waals surface area contributed by atoms with Crippen LogP contribution in [0.4, 0.5) is 11.4 Å². The number of aromatic nitrogens is 1. The van der Waals surface area contributed by atoms with Gasteiger partial charge in [-0.1, -0.05) is 30.3 Å². The predicted octanol–water partition coefficient (Wildman–Crippen LogP) is 2.93. The summed E-state index contributed by atoms with van der Waals surface area (Å²) in [6, 6.07) is 23.1. The molecule has 2 aromatic heterocycles. The number of furan rings is 1. The molecule has 5 aromatic rings. The van der Waals surface area contributed by atoms with E-state index in [4.69, 9.17) is 4.42 Å². The zero-order valence-corrected chi connectivity index (χ0v) is 18.2. The molecule has 4 heteroatoms. The number of fused-ring (bicyclic) bond motifs is 4. The van der Waals surface area contributed by atoms with Gasteiger partial charge in [0, 0.05) is 11.8 Å². The van der Waals surface area contributed by atoms with Gasteiger partial charge in [0.2, 0.25) is 11.1 Å². The van der Waals surface area contributed by atoms with E-state index in [-0.39, 0.29) is 24.0 Å². The number of pyridine rings is 1. The van der Waals surface area contributed by atoms with E-state index in [1.807, 2.05) is 12.1 Å². The van der Waals surface area contributed by atoms with Gasteiger partial charge in [0.15, 0.2) is 0 Å². The lowest BCUT2D eigenvalue weighted by Gasteiger charge is -2.11. The van der Waals surface area contributed by atoms with Gasteiger partial charge in [0.1, 0.15) is 18.3 Å². The molecule has 0 saturated carbocycles. The number of nitrogens with one attached hydrogen (secondary N) is 1. The summed E-state index contributed by atoms with van der Waals surface area (Å²) in [7, 11) is 2.10. The molecule has 0 aliphatic heterocycles. The lowest BCUT2D eigenvalue weighted by molar-refractivity contribution is -0.616. The number of benzene rings is 3. The molecule has 0 unspecified atom stereocenters. The first-order chi connectivity index (χ1) is 13.1. The van der Waals surface area contributed by atoms with Crippen LogP contribution in [-0.4, -0.2) is 0 Å². The molecular formula is C24H21IN2O. The van der Waals surface area contributed by atoms with Gasteiger partial charge >= 0.3 is 0 Å². The SMILES string of the molecule is Cc1ccc(Nc2c3ccccc3[n+](C)c3c2oc2ccccc23)cc1C.[I-]. The van der Waals surface area contributed by atoms with Gasteiger partial charge < -0.3 is 33.7 Å². The van der Waals surface area contributed by atoms with Crippen LogP contribution in [0.3, 0.4) is 0 Å². The van der Waals surface area contributed by atoms with Crippen LogP contribution in [0.15, 0.2) is 71.1 Å². The van der Waals surface area contributed by atoms with Crippen LogP contribution in [0.5, 0.6) is 0 Å². The predicted molar refractivity (Wildman–Crippen MR) is 112 cm³/mol. The number of hydrogen-bond acceptors (Lipinski definition) is 2. The number of halogens is 1. The first-order valence-corrected chi connectivity index (χ1v) is 9.20. The van der Waals surface area contributed by atoms with E-state index in [0.717, 1.165) is 38.8 Å². The van der Waals surface area contributed by atoms with Crippen LogP contribution in [0.1, 0.15) is 11.1 Å². The van der Waals surface area contributed by atoms with E-state index in [1.165, 1.54) is 16.6 Å². The molecule has 2 heterocycles. The summed E-state index contributed by atoms with van der Waals surface area (Å²) >= 11 is 0. The number of nitrogens with zero attached hydrogens (tertiary/aromatic N) is 1. The van der Waals surface area contributed by atoms with Gasteiger partial charge in [-0.15, -0.1) is 0 Å². The van der Waals surface area contributed by atoms with Crippen LogP contribution in [0.2, 0.25) is 0 Å². The number of rotatable bonds is 2. The summed E-state index contributed by atoms with van der Waals surface area (Å²) in [6.07, 6.45) is 0. The van der Waals surface area contributed by atoms with Crippen LogP contribution < -0.4 is 33.9 Å². The Labute approximate surface area is 181 Å². The zero-order valence-electron chi connectivity index (χ0n) is 16.1. The second-order valence-corrected chi connectivity index (χ2v) is 7.15. The Morgan fingerprint density at radius 2 is 1.54 bits per heavy atom. The monoisotopic (exact) mass is 480 g/mol. The molecule has 0 spiro atoms. The Hall–Kier alpha value is -2.60. The molecule has 0 bridgehead atoms. The second-order valence-electron chi connectivity index (χ2n) is 7.15. The van der Waals surface area contributed by atoms with Crippen LogP contribution in [0, 0.1) is 13.8 Å². The minimum Gasteiger partial charge on any atom is -1.00 e. The molecule has 5 rings (SSSR count). The van der Waals surface area contributed by atoms with E-state index in [9.17, 15) is 0 Å². The number of anilines is 2.